The molecule has 4 rings (SSSR count). The molecule has 2 aromatic heterocycles. The van der Waals surface area contributed by atoms with Crippen molar-refractivity contribution >= 4 is 34.6 Å². The quantitative estimate of drug-likeness (QED) is 0.308. The minimum Gasteiger partial charge on any atom is -0.391 e. The number of benzene rings is 1. The average molecular weight is 406 g/mol. The third-order valence-corrected chi connectivity index (χ3v) is 5.09. The van der Waals surface area contributed by atoms with Gasteiger partial charge in [0.2, 0.25) is 0 Å². The number of nitrogens with one attached hydrogen (secondary N) is 1. The van der Waals surface area contributed by atoms with Crippen molar-refractivity contribution in [3.63, 3.8) is 0 Å². The number of aliphatic hydroxyl groups is 1. The number of hydrogen-bond donors (Lipinski definition) is 3. The normalized spacial score (nSPS) is 16.5. The van der Waals surface area contributed by atoms with Crippen LogP contribution in [0.3, 0.4) is 0 Å². The number of anilines is 3. The van der Waals surface area contributed by atoms with Crippen LogP contribution in [0.25, 0.3) is 10.9 Å². The molecule has 1 unspecified atom stereocenters. The largest absolute Gasteiger partial charge is 0.391 e. The molecule has 1 aromatic carbocycles. The smallest absolute Gasteiger partial charge is 0.185 e. The number of nitrogens with zero attached hydrogens (tertiary/aromatic N) is 6. The van der Waals surface area contributed by atoms with Crippen LogP contribution in [-0.4, -0.2) is 59.1 Å². The van der Waals surface area contributed by atoms with Crippen LogP contribution in [0.4, 0.5) is 17.5 Å². The van der Waals surface area contributed by atoms with E-state index < -0.39 is 0 Å². The predicted octanol–water partition coefficient (Wildman–Crippen LogP) is 1.59. The Morgan fingerprint density at radius 1 is 1.37 bits per heavy atom. The standard InChI is InChI=1S/C21H26N8O/c1-28(22)21-20(25-12-15-4-5-18-16(11-15)3-2-7-24-18)27-19(13-26-21)29-9-6-17(14-29)23-8-10-30/h2-5,7-8,11,13,17,30H,6,9-10,12,14,22H2,1H3,(H,25,27). The summed E-state index contributed by atoms with van der Waals surface area (Å²) in [6, 6.07) is 10.3. The van der Waals surface area contributed by atoms with E-state index in [0.717, 1.165) is 41.8 Å². The van der Waals surface area contributed by atoms with E-state index in [0.29, 0.717) is 18.2 Å². The van der Waals surface area contributed by atoms with E-state index in [1.165, 1.54) is 5.01 Å². The molecule has 1 fully saturated rings. The molecule has 0 aliphatic carbocycles. The molecule has 0 saturated carbocycles. The summed E-state index contributed by atoms with van der Waals surface area (Å²) in [6.07, 6.45) is 6.01. The lowest BCUT2D eigenvalue weighted by Crippen LogP contribution is -2.29. The second kappa shape index (κ2) is 9.02. The summed E-state index contributed by atoms with van der Waals surface area (Å²) in [5.41, 5.74) is 2.09. The van der Waals surface area contributed by atoms with Crippen molar-refractivity contribution in [1.82, 2.24) is 15.0 Å². The number of hydrazine groups is 1. The maximum atomic E-state index is 8.93. The highest BCUT2D eigenvalue weighted by Gasteiger charge is 2.24. The zero-order valence-corrected chi connectivity index (χ0v) is 16.9. The van der Waals surface area contributed by atoms with Gasteiger partial charge in [-0.2, -0.15) is 0 Å². The molecule has 3 heterocycles. The van der Waals surface area contributed by atoms with Gasteiger partial charge in [0.05, 0.1) is 24.4 Å². The van der Waals surface area contributed by atoms with Gasteiger partial charge in [0.15, 0.2) is 11.6 Å². The van der Waals surface area contributed by atoms with Gasteiger partial charge in [0, 0.05) is 44.5 Å². The molecule has 9 heteroatoms. The van der Waals surface area contributed by atoms with Gasteiger partial charge in [-0.1, -0.05) is 12.1 Å². The van der Waals surface area contributed by atoms with Gasteiger partial charge < -0.3 is 15.3 Å². The molecule has 0 radical (unpaired) electrons. The maximum Gasteiger partial charge on any atom is 0.185 e. The van der Waals surface area contributed by atoms with Crippen molar-refractivity contribution in [3.8, 4) is 0 Å². The van der Waals surface area contributed by atoms with E-state index in [4.69, 9.17) is 15.9 Å². The molecule has 1 aliphatic heterocycles. The van der Waals surface area contributed by atoms with Gasteiger partial charge in [-0.05, 0) is 30.2 Å². The first-order valence-electron chi connectivity index (χ1n) is 9.94. The van der Waals surface area contributed by atoms with Gasteiger partial charge in [-0.15, -0.1) is 0 Å². The Labute approximate surface area is 175 Å². The maximum absolute atomic E-state index is 8.93. The molecule has 0 spiro atoms. The molecule has 4 N–H and O–H groups in total. The summed E-state index contributed by atoms with van der Waals surface area (Å²) in [5, 5.41) is 14.9. The van der Waals surface area contributed by atoms with Crippen molar-refractivity contribution < 1.29 is 5.11 Å². The number of aliphatic hydroxyl groups excluding tert-OH is 1. The fraction of sp³-hybridized carbons (Fsp3) is 0.333. The first-order valence-corrected chi connectivity index (χ1v) is 9.94. The van der Waals surface area contributed by atoms with Crippen molar-refractivity contribution in [2.45, 2.75) is 19.0 Å². The zero-order chi connectivity index (χ0) is 20.9. The van der Waals surface area contributed by atoms with Crippen LogP contribution in [-0.2, 0) is 6.54 Å². The topological polar surface area (TPSA) is 116 Å². The number of pyridine rings is 1. The van der Waals surface area contributed by atoms with Crippen molar-refractivity contribution in [2.75, 3.05) is 42.0 Å². The lowest BCUT2D eigenvalue weighted by Gasteiger charge is -2.21. The molecule has 9 nitrogen and oxygen atoms in total. The number of aromatic nitrogens is 3. The number of fused-ring (bicyclic) bond motifs is 1. The molecule has 30 heavy (non-hydrogen) atoms. The third-order valence-electron chi connectivity index (χ3n) is 5.09. The molecule has 0 amide bonds. The van der Waals surface area contributed by atoms with Crippen molar-refractivity contribution in [2.24, 2.45) is 10.8 Å². The summed E-state index contributed by atoms with van der Waals surface area (Å²) in [4.78, 5) is 20.2. The Hall–Kier alpha value is -3.30. The fourth-order valence-corrected chi connectivity index (χ4v) is 3.59. The third kappa shape index (κ3) is 4.47. The van der Waals surface area contributed by atoms with E-state index in [1.807, 2.05) is 12.1 Å². The molecular formula is C21H26N8O. The molecular weight excluding hydrogens is 380 g/mol. The highest BCUT2D eigenvalue weighted by molar-refractivity contribution is 5.79. The Morgan fingerprint density at radius 3 is 3.10 bits per heavy atom. The lowest BCUT2D eigenvalue weighted by atomic mass is 10.1. The van der Waals surface area contributed by atoms with Crippen molar-refractivity contribution in [1.29, 1.82) is 0 Å². The van der Waals surface area contributed by atoms with E-state index in [1.54, 1.807) is 25.7 Å². The number of hydrogen-bond acceptors (Lipinski definition) is 9. The summed E-state index contributed by atoms with van der Waals surface area (Å²) in [7, 11) is 1.74. The summed E-state index contributed by atoms with van der Waals surface area (Å²) < 4.78 is 0. The molecule has 0 bridgehead atoms. The van der Waals surface area contributed by atoms with Gasteiger partial charge in [0.25, 0.3) is 0 Å². The van der Waals surface area contributed by atoms with Crippen LogP contribution in [0.1, 0.15) is 12.0 Å². The summed E-state index contributed by atoms with van der Waals surface area (Å²) >= 11 is 0. The van der Waals surface area contributed by atoms with Gasteiger partial charge >= 0.3 is 0 Å². The van der Waals surface area contributed by atoms with Crippen LogP contribution < -0.4 is 21.1 Å². The predicted molar refractivity (Wildman–Crippen MR) is 120 cm³/mol. The minimum absolute atomic E-state index is 0.0350. The van der Waals surface area contributed by atoms with Crippen molar-refractivity contribution in [3.05, 3.63) is 48.3 Å². The summed E-state index contributed by atoms with van der Waals surface area (Å²) in [5.74, 6) is 7.96. The fourth-order valence-electron chi connectivity index (χ4n) is 3.59. The Kier molecular flexibility index (Phi) is 6.01. The van der Waals surface area contributed by atoms with E-state index in [-0.39, 0.29) is 12.6 Å². The lowest BCUT2D eigenvalue weighted by molar-refractivity contribution is 0.361. The molecule has 1 atom stereocenters. The first kappa shape index (κ1) is 20.0. The molecule has 156 valence electrons. The second-order valence-corrected chi connectivity index (χ2v) is 7.30. The molecule has 1 aliphatic rings. The highest BCUT2D eigenvalue weighted by Crippen LogP contribution is 2.26. The average Bonchev–Trinajstić information content (AvgIpc) is 3.25. The number of rotatable bonds is 7. The Morgan fingerprint density at radius 2 is 2.27 bits per heavy atom. The van der Waals surface area contributed by atoms with E-state index >= 15 is 0 Å². The van der Waals surface area contributed by atoms with Gasteiger partial charge in [0.1, 0.15) is 5.82 Å². The highest BCUT2D eigenvalue weighted by atomic mass is 16.3. The van der Waals surface area contributed by atoms with Gasteiger partial charge in [-0.3, -0.25) is 15.0 Å². The molecule has 3 aromatic rings. The Bertz CT molecular complexity index is 1040. The van der Waals surface area contributed by atoms with Gasteiger partial charge in [-0.25, -0.2) is 15.8 Å². The minimum atomic E-state index is -0.0350. The number of nitrogens with two attached hydrogens (primary N) is 1. The van der Waals surface area contributed by atoms with Crippen LogP contribution in [0, 0.1) is 0 Å². The van der Waals surface area contributed by atoms with E-state index in [9.17, 15) is 0 Å². The van der Waals surface area contributed by atoms with Crippen LogP contribution in [0.15, 0.2) is 47.7 Å². The number of aliphatic imine (C=N–C) groups is 1. The van der Waals surface area contributed by atoms with Crippen LogP contribution in [0.5, 0.6) is 0 Å². The zero-order valence-electron chi connectivity index (χ0n) is 16.9. The monoisotopic (exact) mass is 406 g/mol. The van der Waals surface area contributed by atoms with Crippen LogP contribution >= 0.6 is 0 Å². The van der Waals surface area contributed by atoms with E-state index in [2.05, 4.69) is 43.4 Å². The molecule has 1 saturated heterocycles. The first-order chi connectivity index (χ1) is 14.6. The Balaban J connectivity index is 1.52. The second-order valence-electron chi connectivity index (χ2n) is 7.30. The SMILES string of the molecule is CN(N)c1ncc(N2CCC(N=CCO)C2)nc1NCc1ccc2ncccc2c1. The van der Waals surface area contributed by atoms with Crippen LogP contribution in [0.2, 0.25) is 0 Å². The summed E-state index contributed by atoms with van der Waals surface area (Å²) in [6.45, 7) is 2.15.